The van der Waals surface area contributed by atoms with Crippen molar-refractivity contribution in [1.82, 2.24) is 19.9 Å². The molecule has 0 aliphatic carbocycles. The van der Waals surface area contributed by atoms with E-state index in [1.807, 2.05) is 37.3 Å². The van der Waals surface area contributed by atoms with Crippen molar-refractivity contribution in [3.8, 4) is 0 Å². The molecule has 0 bridgehead atoms. The summed E-state index contributed by atoms with van der Waals surface area (Å²) >= 11 is 2.70. The monoisotopic (exact) mass is 443 g/mol. The van der Waals surface area contributed by atoms with E-state index < -0.39 is 0 Å². The molecule has 1 aromatic carbocycles. The van der Waals surface area contributed by atoms with Crippen LogP contribution in [0.5, 0.6) is 0 Å². The van der Waals surface area contributed by atoms with E-state index in [1.165, 1.54) is 23.1 Å². The third-order valence-corrected chi connectivity index (χ3v) is 5.80. The van der Waals surface area contributed by atoms with Crippen LogP contribution in [0.3, 0.4) is 0 Å². The van der Waals surface area contributed by atoms with Crippen molar-refractivity contribution in [2.75, 3.05) is 47.6 Å². The van der Waals surface area contributed by atoms with E-state index in [2.05, 4.69) is 35.5 Å². The number of aryl methyl sites for hydroxylation is 1. The number of carbonyl (C=O) groups excluding carboxylic acids is 1. The predicted octanol–water partition coefficient (Wildman–Crippen LogP) is 2.95. The Morgan fingerprint density at radius 1 is 1.20 bits per heavy atom. The molecule has 0 spiro atoms. The van der Waals surface area contributed by atoms with Gasteiger partial charge in [-0.25, -0.2) is 4.98 Å². The normalized spacial score (nSPS) is 13.8. The second-order valence-corrected chi connectivity index (χ2v) is 8.62. The number of nitrogens with zero attached hydrogens (tertiary/aromatic N) is 5. The minimum absolute atomic E-state index is 0.153. The zero-order valence-electron chi connectivity index (χ0n) is 16.4. The Labute approximate surface area is 182 Å². The number of morpholine rings is 1. The highest BCUT2D eigenvalue weighted by molar-refractivity contribution is 7.99. The maximum atomic E-state index is 12.3. The summed E-state index contributed by atoms with van der Waals surface area (Å²) in [5, 5.41) is 7.08. The summed E-state index contributed by atoms with van der Waals surface area (Å²) in [4.78, 5) is 33.1. The van der Waals surface area contributed by atoms with E-state index in [1.54, 1.807) is 6.20 Å². The molecular weight excluding hydrogens is 422 g/mol. The average molecular weight is 444 g/mol. The van der Waals surface area contributed by atoms with E-state index in [0.717, 1.165) is 10.6 Å². The number of hydrogen-bond donors (Lipinski definition) is 2. The van der Waals surface area contributed by atoms with Crippen LogP contribution in [0.1, 0.15) is 4.88 Å². The van der Waals surface area contributed by atoms with Gasteiger partial charge in [0.15, 0.2) is 10.3 Å². The van der Waals surface area contributed by atoms with Crippen molar-refractivity contribution in [2.24, 2.45) is 0 Å². The molecule has 30 heavy (non-hydrogen) atoms. The van der Waals surface area contributed by atoms with Gasteiger partial charge in [0.25, 0.3) is 0 Å². The Morgan fingerprint density at radius 3 is 2.73 bits per heavy atom. The van der Waals surface area contributed by atoms with Crippen LogP contribution >= 0.6 is 23.1 Å². The van der Waals surface area contributed by atoms with Crippen LogP contribution in [-0.2, 0) is 9.53 Å². The lowest BCUT2D eigenvalue weighted by Crippen LogP contribution is -2.37. The van der Waals surface area contributed by atoms with Gasteiger partial charge in [-0.05, 0) is 19.1 Å². The van der Waals surface area contributed by atoms with Crippen molar-refractivity contribution < 1.29 is 9.53 Å². The molecule has 3 aromatic rings. The largest absolute Gasteiger partial charge is 0.378 e. The highest BCUT2D eigenvalue weighted by Crippen LogP contribution is 2.22. The first kappa shape index (κ1) is 20.5. The topological polar surface area (TPSA) is 105 Å². The van der Waals surface area contributed by atoms with Crippen molar-refractivity contribution in [2.45, 2.75) is 12.1 Å². The lowest BCUT2D eigenvalue weighted by Gasteiger charge is -2.27. The Hall–Kier alpha value is -2.76. The zero-order valence-corrected chi connectivity index (χ0v) is 18.0. The van der Waals surface area contributed by atoms with Gasteiger partial charge in [-0.15, -0.1) is 11.3 Å². The standard InChI is InChI=1S/C19H21N7O2S2/c1-13-11-20-18(30-13)22-15(27)12-29-19-24-16(21-14-5-3-2-4-6-14)23-17(25-19)26-7-9-28-10-8-26/h2-6,11H,7-10,12H2,1H3,(H,20,22,27)(H,21,23,24,25). The molecule has 1 saturated heterocycles. The summed E-state index contributed by atoms with van der Waals surface area (Å²) in [5.74, 6) is 1.04. The maximum absolute atomic E-state index is 12.3. The second kappa shape index (κ2) is 9.83. The molecule has 1 fully saturated rings. The molecule has 1 aliphatic rings. The molecule has 11 heteroatoms. The number of amides is 1. The number of thioether (sulfide) groups is 1. The minimum Gasteiger partial charge on any atom is -0.378 e. The Morgan fingerprint density at radius 2 is 2.00 bits per heavy atom. The minimum atomic E-state index is -0.153. The summed E-state index contributed by atoms with van der Waals surface area (Å²) in [5.41, 5.74) is 0.879. The van der Waals surface area contributed by atoms with Gasteiger partial charge in [0.05, 0.1) is 19.0 Å². The van der Waals surface area contributed by atoms with E-state index in [0.29, 0.717) is 48.5 Å². The number of aromatic nitrogens is 4. The molecule has 2 N–H and O–H groups in total. The number of benzene rings is 1. The SMILES string of the molecule is Cc1cnc(NC(=O)CSc2nc(Nc3ccccc3)nc(N3CCOCC3)n2)s1. The number of nitrogens with one attached hydrogen (secondary N) is 2. The number of ether oxygens (including phenoxy) is 1. The van der Waals surface area contributed by atoms with Crippen LogP contribution in [0.25, 0.3) is 0 Å². The Balaban J connectivity index is 1.48. The van der Waals surface area contributed by atoms with Gasteiger partial charge >= 0.3 is 0 Å². The van der Waals surface area contributed by atoms with Gasteiger partial charge in [-0.3, -0.25) is 4.79 Å². The molecule has 0 radical (unpaired) electrons. The summed E-state index contributed by atoms with van der Waals surface area (Å²) in [6.07, 6.45) is 1.73. The van der Waals surface area contributed by atoms with Gasteiger partial charge in [0.1, 0.15) is 0 Å². The van der Waals surface area contributed by atoms with Crippen molar-refractivity contribution >= 4 is 51.7 Å². The van der Waals surface area contributed by atoms with Crippen LogP contribution in [-0.4, -0.2) is 57.9 Å². The van der Waals surface area contributed by atoms with E-state index >= 15 is 0 Å². The zero-order chi connectivity index (χ0) is 20.8. The van der Waals surface area contributed by atoms with Gasteiger partial charge in [0, 0.05) is 29.9 Å². The fourth-order valence-electron chi connectivity index (χ4n) is 2.72. The average Bonchev–Trinajstić information content (AvgIpc) is 3.18. The third kappa shape index (κ3) is 5.65. The lowest BCUT2D eigenvalue weighted by molar-refractivity contribution is -0.113. The van der Waals surface area contributed by atoms with Gasteiger partial charge in [0.2, 0.25) is 17.8 Å². The highest BCUT2D eigenvalue weighted by atomic mass is 32.2. The summed E-state index contributed by atoms with van der Waals surface area (Å²) in [6.45, 7) is 4.63. The smallest absolute Gasteiger partial charge is 0.236 e. The third-order valence-electron chi connectivity index (χ3n) is 4.13. The van der Waals surface area contributed by atoms with Crippen LogP contribution in [0.15, 0.2) is 41.7 Å². The summed E-state index contributed by atoms with van der Waals surface area (Å²) < 4.78 is 5.42. The first-order chi connectivity index (χ1) is 14.7. The van der Waals surface area contributed by atoms with Gasteiger partial charge in [-0.2, -0.15) is 15.0 Å². The number of anilines is 4. The molecule has 0 atom stereocenters. The van der Waals surface area contributed by atoms with Gasteiger partial charge < -0.3 is 20.3 Å². The summed E-state index contributed by atoms with van der Waals surface area (Å²) in [6, 6.07) is 9.70. The molecule has 9 nitrogen and oxygen atoms in total. The van der Waals surface area contributed by atoms with E-state index in [9.17, 15) is 4.79 Å². The maximum Gasteiger partial charge on any atom is 0.236 e. The van der Waals surface area contributed by atoms with Crippen molar-refractivity contribution in [1.29, 1.82) is 0 Å². The molecule has 1 aliphatic heterocycles. The summed E-state index contributed by atoms with van der Waals surface area (Å²) in [7, 11) is 0. The first-order valence-corrected chi connectivity index (χ1v) is 11.2. The molecule has 4 rings (SSSR count). The van der Waals surface area contributed by atoms with E-state index in [-0.39, 0.29) is 11.7 Å². The molecule has 1 amide bonds. The quantitative estimate of drug-likeness (QED) is 0.533. The van der Waals surface area contributed by atoms with Crippen LogP contribution in [0.4, 0.5) is 22.7 Å². The molecule has 3 heterocycles. The molecule has 2 aromatic heterocycles. The van der Waals surface area contributed by atoms with Crippen molar-refractivity contribution in [3.05, 3.63) is 41.4 Å². The Bertz CT molecular complexity index is 994. The second-order valence-electron chi connectivity index (χ2n) is 6.44. The lowest BCUT2D eigenvalue weighted by atomic mass is 10.3. The number of rotatable bonds is 7. The molecular formula is C19H21N7O2S2. The molecule has 156 valence electrons. The fraction of sp³-hybridized carbons (Fsp3) is 0.316. The number of para-hydroxylation sites is 1. The van der Waals surface area contributed by atoms with Gasteiger partial charge in [-0.1, -0.05) is 30.0 Å². The first-order valence-electron chi connectivity index (χ1n) is 9.41. The van der Waals surface area contributed by atoms with Crippen LogP contribution in [0, 0.1) is 6.92 Å². The molecule has 0 saturated carbocycles. The van der Waals surface area contributed by atoms with E-state index in [4.69, 9.17) is 4.74 Å². The number of carbonyl (C=O) groups is 1. The number of hydrogen-bond acceptors (Lipinski definition) is 10. The number of thiazole rings is 1. The highest BCUT2D eigenvalue weighted by Gasteiger charge is 2.18. The van der Waals surface area contributed by atoms with Crippen LogP contribution < -0.4 is 15.5 Å². The fourth-order valence-corrected chi connectivity index (χ4v) is 4.03. The van der Waals surface area contributed by atoms with Crippen LogP contribution in [0.2, 0.25) is 0 Å². The molecule has 0 unspecified atom stereocenters. The van der Waals surface area contributed by atoms with Crippen molar-refractivity contribution in [3.63, 3.8) is 0 Å². The predicted molar refractivity (Wildman–Crippen MR) is 119 cm³/mol. The Kier molecular flexibility index (Phi) is 6.72.